The number of aliphatic imine (C=N–C) groups is 1. The van der Waals surface area contributed by atoms with Crippen molar-refractivity contribution in [3.05, 3.63) is 70.9 Å². The summed E-state index contributed by atoms with van der Waals surface area (Å²) in [5.74, 6) is -1.51. The Morgan fingerprint density at radius 2 is 1.90 bits per heavy atom. The van der Waals surface area contributed by atoms with Gasteiger partial charge < -0.3 is 38.9 Å². The first-order valence-electron chi connectivity index (χ1n) is 24.1. The van der Waals surface area contributed by atoms with Gasteiger partial charge in [-0.15, -0.1) is 11.3 Å². The maximum Gasteiger partial charge on any atom is 0.320 e. The smallest absolute Gasteiger partial charge is 0.320 e. The van der Waals surface area contributed by atoms with E-state index in [1.54, 1.807) is 37.2 Å². The first-order chi connectivity index (χ1) is 32.8. The van der Waals surface area contributed by atoms with E-state index in [1.165, 1.54) is 27.3 Å². The van der Waals surface area contributed by atoms with E-state index in [1.807, 2.05) is 46.1 Å². The number of likely N-dealkylation sites (tertiary alicyclic amines) is 1. The van der Waals surface area contributed by atoms with Crippen LogP contribution in [0.2, 0.25) is 0 Å². The van der Waals surface area contributed by atoms with Crippen LogP contribution >= 0.6 is 11.3 Å². The fourth-order valence-corrected chi connectivity index (χ4v) is 11.1. The third-order valence-electron chi connectivity index (χ3n) is 13.9. The molecular weight excluding hydrogens is 895 g/mol. The standard InChI is InChI=1S/C52H73N9O7S/c1-14-37(45(53-16-3)34(8)67-13)47-39-26-51(9,10)30-68-31-52(29-62)21-18-22-61(56-52)49(65)40(25-43-54-41(28-69-43)35-19-20-42(38(39)24-35)59(47)17-4)55-48(64)46(32(5)6)58(12)50(66)60-27-36(23-33(60)7)57(11)44(63)15-2/h14-16,19-20,24,28-29,32-34,36,40,46,56H,1-2,17-18,21-23,25-27,30-31H2,3-13H3,(H,55,64)/b45-37+,53-16-/t33-,34+,36-,40+,46+,52+/m1/s1. The van der Waals surface area contributed by atoms with Crippen LogP contribution in [0.3, 0.4) is 0 Å². The molecule has 5 heterocycles. The topological polar surface area (TPSA) is 171 Å². The Hall–Kier alpha value is -5.49. The van der Waals surface area contributed by atoms with Gasteiger partial charge in [0.1, 0.15) is 23.9 Å². The van der Waals surface area contributed by atoms with Gasteiger partial charge in [0, 0.05) is 86.9 Å². The van der Waals surface area contributed by atoms with Crippen LogP contribution in [0, 0.1) is 11.3 Å². The number of allylic oxidation sites excluding steroid dienone is 2. The molecule has 3 aliphatic rings. The van der Waals surface area contributed by atoms with Crippen LogP contribution in [0.4, 0.5) is 4.79 Å². The second kappa shape index (κ2) is 22.1. The number of thiazole rings is 1. The number of urea groups is 1. The lowest BCUT2D eigenvalue weighted by molar-refractivity contribution is -0.147. The predicted octanol–water partition coefficient (Wildman–Crippen LogP) is 6.68. The van der Waals surface area contributed by atoms with E-state index in [0.717, 1.165) is 51.0 Å². The predicted molar refractivity (Wildman–Crippen MR) is 273 cm³/mol. The van der Waals surface area contributed by atoms with Crippen molar-refractivity contribution in [1.82, 2.24) is 40.0 Å². The Balaban J connectivity index is 1.42. The number of likely N-dealkylation sites (N-methyl/N-ethyl adjacent to an activating group) is 2. The molecule has 2 saturated heterocycles. The summed E-state index contributed by atoms with van der Waals surface area (Å²) in [5, 5.41) is 8.11. The largest absolute Gasteiger partial charge is 0.378 e. The number of benzene rings is 1. The molecule has 5 amide bonds. The van der Waals surface area contributed by atoms with Gasteiger partial charge in [-0.1, -0.05) is 53.0 Å². The molecule has 6 atom stereocenters. The third kappa shape index (κ3) is 11.1. The summed E-state index contributed by atoms with van der Waals surface area (Å²) < 4.78 is 14.7. The van der Waals surface area contributed by atoms with Crippen molar-refractivity contribution >= 4 is 64.1 Å². The van der Waals surface area contributed by atoms with E-state index >= 15 is 0 Å². The fraction of sp³-hybridized carbons (Fsp3) is 0.558. The van der Waals surface area contributed by atoms with Crippen molar-refractivity contribution in [2.45, 2.75) is 130 Å². The van der Waals surface area contributed by atoms with Crippen molar-refractivity contribution in [3.8, 4) is 11.3 Å². The SMILES string of the molecule is C=CC(=O)N(C)[C@@H]1C[C@@H](C)N(C(=O)N(C)[C@H](C(=O)N[C@H]2Cc3nc(cs3)-c3ccc4c(c3)c(c(/C(C=C)=C(/N=C\C)[C@H](C)OC)n4CC)CC(C)(C)COC[C@@]3(C=O)CCCN(N3)C2=O)C(C)C)C1. The highest BCUT2D eigenvalue weighted by atomic mass is 32.1. The molecule has 3 aliphatic heterocycles. The molecule has 0 saturated carbocycles. The van der Waals surface area contributed by atoms with Gasteiger partial charge in [0.25, 0.3) is 5.91 Å². The molecule has 0 aliphatic carbocycles. The van der Waals surface area contributed by atoms with E-state index in [-0.39, 0.29) is 49.1 Å². The van der Waals surface area contributed by atoms with E-state index in [4.69, 9.17) is 19.5 Å². The summed E-state index contributed by atoms with van der Waals surface area (Å²) in [7, 11) is 4.97. The van der Waals surface area contributed by atoms with Crippen LogP contribution in [0.25, 0.3) is 27.7 Å². The average Bonchev–Trinajstić information content (AvgIpc) is 4.04. The number of carbonyl (C=O) groups excluding carboxylic acids is 5. The Morgan fingerprint density at radius 1 is 1.16 bits per heavy atom. The molecular formula is C52H73N9O7S. The molecule has 2 aromatic heterocycles. The van der Waals surface area contributed by atoms with Crippen LogP contribution in [0.5, 0.6) is 0 Å². The first-order valence-corrected chi connectivity index (χ1v) is 25.0. The molecule has 0 radical (unpaired) electrons. The van der Waals surface area contributed by atoms with Gasteiger partial charge in [0.15, 0.2) is 0 Å². The molecule has 6 rings (SSSR count). The number of ether oxygens (including phenoxy) is 2. The quantitative estimate of drug-likeness (QED) is 0.0821. The van der Waals surface area contributed by atoms with Crippen molar-refractivity contribution in [1.29, 1.82) is 0 Å². The van der Waals surface area contributed by atoms with Crippen molar-refractivity contribution in [2.75, 3.05) is 47.5 Å². The number of fused-ring (bicyclic) bond motifs is 6. The van der Waals surface area contributed by atoms with E-state index in [9.17, 15) is 24.0 Å². The molecule has 3 aromatic rings. The number of nitrogens with zero attached hydrogens (tertiary/aromatic N) is 7. The van der Waals surface area contributed by atoms with Crippen LogP contribution < -0.4 is 10.7 Å². The summed E-state index contributed by atoms with van der Waals surface area (Å²) in [6, 6.07) is 3.54. The lowest BCUT2D eigenvalue weighted by Crippen LogP contribution is -2.66. The molecule has 6 bridgehead atoms. The first kappa shape index (κ1) is 52.9. The number of hydrazine groups is 1. The van der Waals surface area contributed by atoms with Gasteiger partial charge in [0.2, 0.25) is 11.8 Å². The Bertz CT molecular complexity index is 2490. The summed E-state index contributed by atoms with van der Waals surface area (Å²) >= 11 is 1.40. The molecule has 2 fully saturated rings. The van der Waals surface area contributed by atoms with E-state index in [2.05, 4.69) is 67.4 Å². The summed E-state index contributed by atoms with van der Waals surface area (Å²) in [6.45, 7) is 25.4. The Labute approximate surface area is 411 Å². The third-order valence-corrected chi connectivity index (χ3v) is 14.8. The van der Waals surface area contributed by atoms with Gasteiger partial charge in [0.05, 0.1) is 47.5 Å². The number of carbonyl (C=O) groups is 5. The highest BCUT2D eigenvalue weighted by Gasteiger charge is 2.43. The van der Waals surface area contributed by atoms with Crippen LogP contribution in [0.15, 0.2) is 59.6 Å². The summed E-state index contributed by atoms with van der Waals surface area (Å²) in [5.41, 5.74) is 7.96. The van der Waals surface area contributed by atoms with Crippen molar-refractivity contribution in [2.24, 2.45) is 16.3 Å². The molecule has 374 valence electrons. The lowest BCUT2D eigenvalue weighted by atomic mass is 9.84. The van der Waals surface area contributed by atoms with E-state index < -0.39 is 34.9 Å². The van der Waals surface area contributed by atoms with E-state index in [0.29, 0.717) is 56.9 Å². The zero-order chi connectivity index (χ0) is 50.5. The number of aromatic nitrogens is 2. The lowest BCUT2D eigenvalue weighted by Gasteiger charge is -2.42. The molecule has 17 heteroatoms. The minimum Gasteiger partial charge on any atom is -0.378 e. The minimum atomic E-state index is -1.21. The molecule has 0 unspecified atom stereocenters. The Kier molecular flexibility index (Phi) is 16.9. The molecule has 1 aromatic carbocycles. The van der Waals surface area contributed by atoms with Crippen molar-refractivity contribution in [3.63, 3.8) is 0 Å². The number of hydrogen-bond donors (Lipinski definition) is 2. The second-order valence-electron chi connectivity index (χ2n) is 19.9. The summed E-state index contributed by atoms with van der Waals surface area (Å²) in [4.78, 5) is 83.9. The number of amides is 5. The number of methoxy groups -OCH3 is 1. The zero-order valence-electron chi connectivity index (χ0n) is 42.5. The monoisotopic (exact) mass is 968 g/mol. The highest BCUT2D eigenvalue weighted by Crippen LogP contribution is 2.40. The fourth-order valence-electron chi connectivity index (χ4n) is 10.2. The van der Waals surface area contributed by atoms with Crippen LogP contribution in [-0.4, -0.2) is 149 Å². The van der Waals surface area contributed by atoms with Gasteiger partial charge in [-0.05, 0) is 88.5 Å². The number of rotatable bonds is 13. The zero-order valence-corrected chi connectivity index (χ0v) is 43.3. The molecule has 0 spiro atoms. The van der Waals surface area contributed by atoms with Gasteiger partial charge >= 0.3 is 6.03 Å². The second-order valence-corrected chi connectivity index (χ2v) is 20.8. The minimum absolute atomic E-state index is 0.0124. The number of hydrogen-bond acceptors (Lipinski definition) is 11. The molecule has 69 heavy (non-hydrogen) atoms. The van der Waals surface area contributed by atoms with Gasteiger partial charge in [-0.3, -0.25) is 24.4 Å². The van der Waals surface area contributed by atoms with Gasteiger partial charge in [-0.2, -0.15) is 0 Å². The number of aldehydes is 1. The number of aryl methyl sites for hydroxylation is 1. The highest BCUT2D eigenvalue weighted by molar-refractivity contribution is 7.10. The van der Waals surface area contributed by atoms with Crippen molar-refractivity contribution < 1.29 is 33.4 Å². The molecule has 2 N–H and O–H groups in total. The maximum atomic E-state index is 14.8. The normalized spacial score (nSPS) is 23.3. The van der Waals surface area contributed by atoms with Gasteiger partial charge in [-0.25, -0.2) is 15.2 Å². The summed E-state index contributed by atoms with van der Waals surface area (Å²) in [6.07, 6.45) is 7.59. The molecule has 16 nitrogen and oxygen atoms in total. The Morgan fingerprint density at radius 3 is 2.54 bits per heavy atom. The van der Waals surface area contributed by atoms with Crippen LogP contribution in [-0.2, 0) is 48.0 Å². The van der Waals surface area contributed by atoms with Crippen LogP contribution in [0.1, 0.15) is 90.9 Å². The number of nitrogens with one attached hydrogen (secondary N) is 2. The maximum absolute atomic E-state index is 14.8. The average molecular weight is 968 g/mol.